The Morgan fingerprint density at radius 3 is 2.56 bits per heavy atom. The van der Waals surface area contributed by atoms with Crippen molar-refractivity contribution in [3.63, 3.8) is 0 Å². The van der Waals surface area contributed by atoms with Crippen molar-refractivity contribution in [3.05, 3.63) is 88.4 Å². The van der Waals surface area contributed by atoms with Crippen molar-refractivity contribution >= 4 is 28.3 Å². The first kappa shape index (κ1) is 17.2. The summed E-state index contributed by atoms with van der Waals surface area (Å²) in [5.41, 5.74) is 10.9. The standard InChI is InChI=1S/C22H18ClN3O/c23-15-7-9-20(27)18(12-15)21-17(10-13-4-2-1-3-5-13)16-11-14(22(24)25)6-8-19(16)26-21/h1-9,11-12,26-27H,10H2,(H3,24,25). The SMILES string of the molecule is N=C(N)c1ccc2[nH]c(-c3cc(Cl)ccc3O)c(Cc3ccccc3)c2c1. The van der Waals surface area contributed by atoms with Gasteiger partial charge in [-0.15, -0.1) is 0 Å². The van der Waals surface area contributed by atoms with Crippen LogP contribution in [-0.4, -0.2) is 15.9 Å². The van der Waals surface area contributed by atoms with E-state index in [2.05, 4.69) is 17.1 Å². The third-order valence-electron chi connectivity index (χ3n) is 4.67. The summed E-state index contributed by atoms with van der Waals surface area (Å²) in [4.78, 5) is 3.40. The summed E-state index contributed by atoms with van der Waals surface area (Å²) in [6, 6.07) is 20.8. The van der Waals surface area contributed by atoms with Crippen molar-refractivity contribution in [2.45, 2.75) is 6.42 Å². The maximum absolute atomic E-state index is 10.4. The summed E-state index contributed by atoms with van der Waals surface area (Å²) < 4.78 is 0. The van der Waals surface area contributed by atoms with Crippen molar-refractivity contribution in [3.8, 4) is 17.0 Å². The minimum absolute atomic E-state index is 0.0240. The molecular formula is C22H18ClN3O. The number of aromatic nitrogens is 1. The van der Waals surface area contributed by atoms with Crippen LogP contribution in [0.15, 0.2) is 66.7 Å². The van der Waals surface area contributed by atoms with E-state index in [4.69, 9.17) is 22.7 Å². The number of nitrogen functional groups attached to an aromatic ring is 1. The zero-order valence-electron chi connectivity index (χ0n) is 14.5. The van der Waals surface area contributed by atoms with Crippen molar-refractivity contribution in [1.29, 1.82) is 5.41 Å². The van der Waals surface area contributed by atoms with Crippen LogP contribution in [0.1, 0.15) is 16.7 Å². The monoisotopic (exact) mass is 375 g/mol. The first-order chi connectivity index (χ1) is 13.0. The number of hydrogen-bond donors (Lipinski definition) is 4. The van der Waals surface area contributed by atoms with Crippen LogP contribution < -0.4 is 5.73 Å². The van der Waals surface area contributed by atoms with Gasteiger partial charge in [-0.3, -0.25) is 5.41 Å². The van der Waals surface area contributed by atoms with E-state index in [1.165, 1.54) is 0 Å². The number of halogens is 1. The Labute approximate surface area is 161 Å². The van der Waals surface area contributed by atoms with E-state index in [1.807, 2.05) is 36.4 Å². The van der Waals surface area contributed by atoms with E-state index in [-0.39, 0.29) is 11.6 Å². The average Bonchev–Trinajstić information content (AvgIpc) is 3.02. The third kappa shape index (κ3) is 3.27. The molecule has 0 fully saturated rings. The molecular weight excluding hydrogens is 358 g/mol. The normalized spacial score (nSPS) is 11.0. The van der Waals surface area contributed by atoms with E-state index in [0.717, 1.165) is 27.7 Å². The second-order valence-corrected chi connectivity index (χ2v) is 6.91. The number of aromatic hydroxyl groups is 1. The summed E-state index contributed by atoms with van der Waals surface area (Å²) in [5, 5.41) is 19.7. The maximum atomic E-state index is 10.4. The summed E-state index contributed by atoms with van der Waals surface area (Å²) in [6.45, 7) is 0. The van der Waals surface area contributed by atoms with Crippen LogP contribution in [0.4, 0.5) is 0 Å². The molecule has 0 aliphatic rings. The number of hydrogen-bond acceptors (Lipinski definition) is 2. The highest BCUT2D eigenvalue weighted by Gasteiger charge is 2.17. The average molecular weight is 376 g/mol. The smallest absolute Gasteiger partial charge is 0.125 e. The van der Waals surface area contributed by atoms with E-state index in [1.54, 1.807) is 18.2 Å². The number of aromatic amines is 1. The van der Waals surface area contributed by atoms with Crippen LogP contribution >= 0.6 is 11.6 Å². The largest absolute Gasteiger partial charge is 0.507 e. The molecule has 4 aromatic rings. The van der Waals surface area contributed by atoms with Crippen molar-refractivity contribution < 1.29 is 5.11 Å². The fourth-order valence-electron chi connectivity index (χ4n) is 3.34. The maximum Gasteiger partial charge on any atom is 0.125 e. The predicted octanol–water partition coefficient (Wildman–Crippen LogP) is 5.07. The van der Waals surface area contributed by atoms with Gasteiger partial charge in [0, 0.05) is 33.5 Å². The summed E-state index contributed by atoms with van der Waals surface area (Å²) in [6.07, 6.45) is 0.670. The Balaban J connectivity index is 1.98. The quantitative estimate of drug-likeness (QED) is 0.296. The van der Waals surface area contributed by atoms with Crippen molar-refractivity contribution in [1.82, 2.24) is 4.98 Å². The molecule has 0 atom stereocenters. The highest BCUT2D eigenvalue weighted by atomic mass is 35.5. The zero-order chi connectivity index (χ0) is 19.0. The molecule has 4 nitrogen and oxygen atoms in total. The lowest BCUT2D eigenvalue weighted by Crippen LogP contribution is -2.10. The number of phenolic OH excluding ortho intramolecular Hbond substituents is 1. The van der Waals surface area contributed by atoms with E-state index in [9.17, 15) is 5.11 Å². The van der Waals surface area contributed by atoms with Gasteiger partial charge in [0.15, 0.2) is 0 Å². The van der Waals surface area contributed by atoms with E-state index in [0.29, 0.717) is 22.6 Å². The molecule has 0 aliphatic heterocycles. The molecule has 0 unspecified atom stereocenters. The number of nitrogens with two attached hydrogens (primary N) is 1. The first-order valence-corrected chi connectivity index (χ1v) is 8.92. The van der Waals surface area contributed by atoms with Gasteiger partial charge >= 0.3 is 0 Å². The van der Waals surface area contributed by atoms with Crippen LogP contribution in [0.2, 0.25) is 5.02 Å². The highest BCUT2D eigenvalue weighted by Crippen LogP contribution is 2.38. The molecule has 0 aliphatic carbocycles. The molecule has 5 N–H and O–H groups in total. The molecule has 4 rings (SSSR count). The van der Waals surface area contributed by atoms with Crippen LogP contribution in [0.25, 0.3) is 22.2 Å². The highest BCUT2D eigenvalue weighted by molar-refractivity contribution is 6.31. The number of nitrogens with one attached hydrogen (secondary N) is 2. The Morgan fingerprint density at radius 2 is 1.81 bits per heavy atom. The lowest BCUT2D eigenvalue weighted by atomic mass is 9.97. The molecule has 27 heavy (non-hydrogen) atoms. The molecule has 1 aromatic heterocycles. The van der Waals surface area contributed by atoms with Gasteiger partial charge in [-0.1, -0.05) is 41.9 Å². The van der Waals surface area contributed by atoms with E-state index >= 15 is 0 Å². The van der Waals surface area contributed by atoms with Gasteiger partial charge in [-0.2, -0.15) is 0 Å². The Kier molecular flexibility index (Phi) is 4.34. The van der Waals surface area contributed by atoms with E-state index < -0.39 is 0 Å². The number of fused-ring (bicyclic) bond motifs is 1. The minimum Gasteiger partial charge on any atom is -0.507 e. The fraction of sp³-hybridized carbons (Fsp3) is 0.0455. The molecule has 134 valence electrons. The van der Waals surface area contributed by atoms with Gasteiger partial charge in [0.2, 0.25) is 0 Å². The van der Waals surface area contributed by atoms with Gasteiger partial charge in [-0.25, -0.2) is 0 Å². The molecule has 1 heterocycles. The Morgan fingerprint density at radius 1 is 1.04 bits per heavy atom. The lowest BCUT2D eigenvalue weighted by molar-refractivity contribution is 0.477. The Bertz CT molecular complexity index is 1150. The number of rotatable bonds is 4. The molecule has 0 spiro atoms. The van der Waals surface area contributed by atoms with Gasteiger partial charge in [0.1, 0.15) is 11.6 Å². The van der Waals surface area contributed by atoms with Crippen molar-refractivity contribution in [2.24, 2.45) is 5.73 Å². The molecule has 5 heteroatoms. The topological polar surface area (TPSA) is 85.9 Å². The minimum atomic E-state index is 0.0240. The van der Waals surface area contributed by atoms with Gasteiger partial charge in [0.25, 0.3) is 0 Å². The summed E-state index contributed by atoms with van der Waals surface area (Å²) >= 11 is 6.18. The first-order valence-electron chi connectivity index (χ1n) is 8.55. The second kappa shape index (κ2) is 6.82. The van der Waals surface area contributed by atoms with Crippen LogP contribution in [0.3, 0.4) is 0 Å². The van der Waals surface area contributed by atoms with Crippen molar-refractivity contribution in [2.75, 3.05) is 0 Å². The molecule has 0 bridgehead atoms. The second-order valence-electron chi connectivity index (χ2n) is 6.48. The number of amidine groups is 1. The van der Waals surface area contributed by atoms with Crippen LogP contribution in [0.5, 0.6) is 5.75 Å². The predicted molar refractivity (Wildman–Crippen MR) is 111 cm³/mol. The van der Waals surface area contributed by atoms with Crippen LogP contribution in [-0.2, 0) is 6.42 Å². The molecule has 0 radical (unpaired) electrons. The number of phenols is 1. The third-order valence-corrected chi connectivity index (χ3v) is 4.90. The lowest BCUT2D eigenvalue weighted by Gasteiger charge is -2.08. The number of H-pyrrole nitrogens is 1. The molecule has 3 aromatic carbocycles. The molecule has 0 saturated carbocycles. The molecule has 0 saturated heterocycles. The molecule has 0 amide bonds. The fourth-order valence-corrected chi connectivity index (χ4v) is 3.51. The van der Waals surface area contributed by atoms with Gasteiger partial charge in [-0.05, 0) is 47.5 Å². The summed E-state index contributed by atoms with van der Waals surface area (Å²) in [5.74, 6) is 0.183. The summed E-state index contributed by atoms with van der Waals surface area (Å²) in [7, 11) is 0. The Hall–Kier alpha value is -3.24. The van der Waals surface area contributed by atoms with Gasteiger partial charge < -0.3 is 15.8 Å². The zero-order valence-corrected chi connectivity index (χ0v) is 15.2. The van der Waals surface area contributed by atoms with Crippen LogP contribution in [0, 0.1) is 5.41 Å². The number of benzene rings is 3. The van der Waals surface area contributed by atoms with Gasteiger partial charge in [0.05, 0.1) is 5.69 Å².